The highest BCUT2D eigenvalue weighted by molar-refractivity contribution is 5.93. The summed E-state index contributed by atoms with van der Waals surface area (Å²) in [5.74, 6) is 9.32. The normalized spacial score (nSPS) is 37.0. The zero-order valence-electron chi connectivity index (χ0n) is 56.7. The summed E-state index contributed by atoms with van der Waals surface area (Å²) in [4.78, 5) is 34.3. The first-order valence-corrected chi connectivity index (χ1v) is 36.5. The maximum Gasteiger partial charge on any atom is 0.175 e. The molecule has 496 valence electrons. The van der Waals surface area contributed by atoms with Gasteiger partial charge in [-0.3, -0.25) is 4.79 Å². The van der Waals surface area contributed by atoms with E-state index in [2.05, 4.69) is 122 Å². The maximum atomic E-state index is 12.9. The van der Waals surface area contributed by atoms with Gasteiger partial charge in [-0.25, -0.2) is 0 Å². The second-order valence-electron chi connectivity index (χ2n) is 32.0. The Morgan fingerprint density at radius 1 is 0.560 bits per heavy atom. The second kappa shape index (κ2) is 27.0. The van der Waals surface area contributed by atoms with Crippen molar-refractivity contribution in [3.8, 4) is 11.5 Å². The molecule has 0 aromatic heterocycles. The molecular formula is C78H112N6O7. The van der Waals surface area contributed by atoms with Crippen LogP contribution in [0.15, 0.2) is 83.5 Å². The Kier molecular flexibility index (Phi) is 19.2. The Balaban J connectivity index is 0.000000167. The first-order valence-electron chi connectivity index (χ1n) is 36.5. The van der Waals surface area contributed by atoms with Crippen molar-refractivity contribution in [2.45, 2.75) is 200 Å². The number of aliphatic hydroxyl groups excluding tert-OH is 2. The smallest absolute Gasteiger partial charge is 0.175 e. The number of hydrogen-bond acceptors (Lipinski definition) is 13. The zero-order valence-corrected chi connectivity index (χ0v) is 56.7. The predicted molar refractivity (Wildman–Crippen MR) is 367 cm³/mol. The van der Waals surface area contributed by atoms with Crippen LogP contribution in [0.1, 0.15) is 199 Å². The number of rotatable bonds is 16. The van der Waals surface area contributed by atoms with Gasteiger partial charge >= 0.3 is 0 Å². The molecule has 13 nitrogen and oxygen atoms in total. The molecule has 0 amide bonds. The molecule has 2 aromatic rings. The van der Waals surface area contributed by atoms with E-state index < -0.39 is 0 Å². The van der Waals surface area contributed by atoms with Crippen LogP contribution < -0.4 is 19.3 Å². The predicted octanol–water partition coefficient (Wildman–Crippen LogP) is 15.3. The first kappa shape index (κ1) is 64.7. The molecule has 13 heteroatoms. The standard InChI is InChI=1S/C39H55N3O4.C39H57N3O3/c1-26-22-27(32-11-9-29(24-36(32)46-26)42-20-18-41(4)19-21-42)6-5-7-31(44)25-45-40-37-13-12-34-33-10-8-28-23-30(43)14-16-38(28,2)35(33)15-17-39(34,37)3;1-27-24-28(32-12-10-30(26-36(32)45-27)42-21-19-41(4)20-22-42)8-6-5-7-23-44-40-37-14-13-34-33-11-9-29-25-31(43)15-17-38(29,2)35(33)16-18-39(34,37)3/h9,11,22,24,28,30,33-35,43H,1,5-8,10,12-21,23,25H2,2-4H3;10,12,24,26,29,31,33-35,43H,1,5-9,11,13-23,25H2,2-4H3/b2*40-37-/t28-,30+,33-,34-,35-,38-,39-;29-,31+,33-,34-,35-,38-,39-/m00/s1. The van der Waals surface area contributed by atoms with Crippen LogP contribution in [0.2, 0.25) is 0 Å². The Morgan fingerprint density at radius 2 is 1.03 bits per heavy atom. The molecule has 0 spiro atoms. The van der Waals surface area contributed by atoms with Crippen molar-refractivity contribution in [3.05, 3.63) is 84.4 Å². The number of ketones is 1. The summed E-state index contributed by atoms with van der Waals surface area (Å²) in [6.45, 7) is 27.5. The molecule has 2 aromatic carbocycles. The minimum Gasteiger partial charge on any atom is -0.457 e. The van der Waals surface area contributed by atoms with E-state index in [0.29, 0.717) is 41.5 Å². The number of likely N-dealkylation sites (N-methyl/N-ethyl adjacent to an activating group) is 2. The van der Waals surface area contributed by atoms with E-state index in [9.17, 15) is 15.0 Å². The molecule has 12 aliphatic rings. The van der Waals surface area contributed by atoms with E-state index in [4.69, 9.17) is 24.3 Å². The number of Topliss-reactive ketones (excluding diaryl/α,β-unsaturated/α-hetero) is 1. The van der Waals surface area contributed by atoms with Gasteiger partial charge in [0, 0.05) is 104 Å². The molecule has 91 heavy (non-hydrogen) atoms. The lowest BCUT2D eigenvalue weighted by Gasteiger charge is -2.60. The Morgan fingerprint density at radius 3 is 1.53 bits per heavy atom. The molecule has 8 aliphatic carbocycles. The molecule has 0 bridgehead atoms. The molecule has 10 fully saturated rings. The number of ether oxygens (including phenoxy) is 2. The number of hydrogen-bond donors (Lipinski definition) is 2. The molecule has 4 aliphatic heterocycles. The zero-order chi connectivity index (χ0) is 63.2. The monoisotopic (exact) mass is 1240 g/mol. The molecule has 0 radical (unpaired) electrons. The lowest BCUT2D eigenvalue weighted by Crippen LogP contribution is -2.54. The first-order chi connectivity index (χ1) is 43.9. The fraction of sp³-hybridized carbons (Fsp3) is 0.705. The van der Waals surface area contributed by atoms with Crippen LogP contribution in [0.3, 0.4) is 0 Å². The van der Waals surface area contributed by atoms with Gasteiger partial charge in [-0.2, -0.15) is 0 Å². The van der Waals surface area contributed by atoms with Gasteiger partial charge < -0.3 is 49.0 Å². The van der Waals surface area contributed by atoms with E-state index in [1.54, 1.807) is 0 Å². The third-order valence-corrected chi connectivity index (χ3v) is 26.9. The number of carbonyl (C=O) groups excluding carboxylic acids is 1. The number of nitrogens with zero attached hydrogens (tertiary/aromatic N) is 6. The highest BCUT2D eigenvalue weighted by Gasteiger charge is 2.61. The maximum absolute atomic E-state index is 12.9. The molecule has 14 rings (SSSR count). The molecule has 0 unspecified atom stereocenters. The average Bonchev–Trinajstić information content (AvgIpc) is 1.71. The summed E-state index contributed by atoms with van der Waals surface area (Å²) < 4.78 is 12.1. The fourth-order valence-electron chi connectivity index (χ4n) is 21.4. The third kappa shape index (κ3) is 13.2. The summed E-state index contributed by atoms with van der Waals surface area (Å²) in [7, 11) is 4.36. The van der Waals surface area contributed by atoms with E-state index in [1.165, 1.54) is 117 Å². The van der Waals surface area contributed by atoms with E-state index in [-0.39, 0.29) is 35.4 Å². The van der Waals surface area contributed by atoms with Crippen molar-refractivity contribution in [1.29, 1.82) is 0 Å². The van der Waals surface area contributed by atoms with Crippen LogP contribution >= 0.6 is 0 Å². The molecule has 2 saturated heterocycles. The largest absolute Gasteiger partial charge is 0.457 e. The molecular weight excluding hydrogens is 1130 g/mol. The van der Waals surface area contributed by atoms with Crippen LogP contribution in [-0.4, -0.2) is 129 Å². The van der Waals surface area contributed by atoms with Gasteiger partial charge in [-0.15, -0.1) is 0 Å². The quantitative estimate of drug-likeness (QED) is 0.123. The summed E-state index contributed by atoms with van der Waals surface area (Å²) in [5, 5.41) is 30.2. The number of unbranched alkanes of at least 4 members (excludes halogenated alkanes) is 2. The number of fused-ring (bicyclic) bond motifs is 12. The summed E-state index contributed by atoms with van der Waals surface area (Å²) in [6.07, 6.45) is 31.6. The number of oxime groups is 2. The lowest BCUT2D eigenvalue weighted by molar-refractivity contribution is -0.123. The van der Waals surface area contributed by atoms with Gasteiger partial charge in [0.1, 0.15) is 29.6 Å². The van der Waals surface area contributed by atoms with Crippen molar-refractivity contribution in [3.63, 3.8) is 0 Å². The van der Waals surface area contributed by atoms with Crippen molar-refractivity contribution in [2.75, 3.05) is 89.5 Å². The Labute approximate surface area is 546 Å². The fourth-order valence-corrected chi connectivity index (χ4v) is 21.4. The highest BCUT2D eigenvalue weighted by Crippen LogP contribution is 2.67. The van der Waals surface area contributed by atoms with E-state index in [1.807, 2.05) is 6.08 Å². The minimum atomic E-state index is -0.0926. The number of benzene rings is 2. The van der Waals surface area contributed by atoms with Gasteiger partial charge in [0.25, 0.3) is 0 Å². The number of piperazine rings is 2. The summed E-state index contributed by atoms with van der Waals surface area (Å²) in [6, 6.07) is 13.2. The number of aliphatic hydroxyl groups is 2. The van der Waals surface area contributed by atoms with Crippen molar-refractivity contribution >= 4 is 39.7 Å². The van der Waals surface area contributed by atoms with Crippen LogP contribution in [0.4, 0.5) is 11.4 Å². The van der Waals surface area contributed by atoms with Crippen LogP contribution in [-0.2, 0) is 14.5 Å². The topological polar surface area (TPSA) is 132 Å². The second-order valence-corrected chi connectivity index (χ2v) is 32.0. The van der Waals surface area contributed by atoms with Gasteiger partial charge in [0.2, 0.25) is 0 Å². The van der Waals surface area contributed by atoms with E-state index >= 15 is 0 Å². The minimum absolute atomic E-state index is 0.0538. The number of carbonyl (C=O) groups is 1. The molecule has 8 saturated carbocycles. The van der Waals surface area contributed by atoms with Gasteiger partial charge in [0.05, 0.1) is 23.6 Å². The average molecular weight is 1250 g/mol. The van der Waals surface area contributed by atoms with Gasteiger partial charge in [-0.1, -0.05) is 51.2 Å². The molecule has 2 N–H and O–H groups in total. The van der Waals surface area contributed by atoms with Crippen LogP contribution in [0, 0.1) is 69.0 Å². The summed E-state index contributed by atoms with van der Waals surface area (Å²) >= 11 is 0. The van der Waals surface area contributed by atoms with Gasteiger partial charge in [-0.05, 0) is 274 Å². The number of allylic oxidation sites excluding steroid dienone is 4. The SMILES string of the molecule is C=C1C=C(CCCC(=O)CO/N=C2/CC[C@H]3[C@@H]4CC[C@H]5C[C@H](O)CC[C@]5(C)[C@H]4CC[C@]23C)c2ccc(N3CCN(C)CC3)cc2O1.C=C1C=C(CCCCCO/N=C2/CC[C@H]3[C@@H]4CC[C@H]5C[C@H](O)CC[C@]5(C)[C@H]4CC[C@]23C)c2ccc(N3CCN(C)CC3)cc2O1. The molecule has 4 heterocycles. The summed E-state index contributed by atoms with van der Waals surface area (Å²) in [5.41, 5.74) is 10.9. The van der Waals surface area contributed by atoms with Gasteiger partial charge in [0.15, 0.2) is 12.4 Å². The third-order valence-electron chi connectivity index (χ3n) is 26.9. The van der Waals surface area contributed by atoms with Crippen molar-refractivity contribution in [2.24, 2.45) is 79.3 Å². The van der Waals surface area contributed by atoms with E-state index in [0.717, 1.165) is 188 Å². The van der Waals surface area contributed by atoms with Crippen LogP contribution in [0.5, 0.6) is 11.5 Å². The van der Waals surface area contributed by atoms with Crippen molar-refractivity contribution < 1.29 is 34.2 Å². The van der Waals surface area contributed by atoms with Crippen molar-refractivity contribution in [1.82, 2.24) is 9.80 Å². The highest BCUT2D eigenvalue weighted by atomic mass is 16.6. The molecule has 14 atom stereocenters. The number of anilines is 2. The lowest BCUT2D eigenvalue weighted by atomic mass is 9.45. The van der Waals surface area contributed by atoms with Crippen LogP contribution in [0.25, 0.3) is 11.1 Å². The Hall–Kier alpha value is -4.95. The Bertz CT molecular complexity index is 3120.